The molecule has 0 unspecified atom stereocenters. The number of cyclic esters (lactones) is 1. The van der Waals surface area contributed by atoms with Crippen LogP contribution in [0.25, 0.3) is 6.08 Å². The normalized spacial score (nSPS) is 32.1. The maximum Gasteiger partial charge on any atom is 0.410 e. The zero-order valence-corrected chi connectivity index (χ0v) is 32.4. The molecular formula is C42H54N2O9S. The maximum absolute atomic E-state index is 14.6. The first kappa shape index (κ1) is 38.5. The minimum Gasteiger partial charge on any atom is -0.465 e. The molecule has 4 heterocycles. The van der Waals surface area contributed by atoms with Crippen molar-refractivity contribution in [3.8, 4) is 0 Å². The second kappa shape index (κ2) is 15.4. The van der Waals surface area contributed by atoms with E-state index in [9.17, 15) is 32.4 Å². The lowest BCUT2D eigenvalue weighted by molar-refractivity contribution is -0.152. The number of esters is 1. The van der Waals surface area contributed by atoms with Crippen molar-refractivity contribution in [2.45, 2.75) is 128 Å². The van der Waals surface area contributed by atoms with Crippen LogP contribution in [0.1, 0.15) is 114 Å². The van der Waals surface area contributed by atoms with Gasteiger partial charge in [-0.2, -0.15) is 0 Å². The van der Waals surface area contributed by atoms with Crippen LogP contribution >= 0.6 is 0 Å². The molecule has 4 aliphatic heterocycles. The highest BCUT2D eigenvalue weighted by molar-refractivity contribution is 7.93. The van der Waals surface area contributed by atoms with E-state index in [1.807, 2.05) is 30.4 Å². The number of fused-ring (bicyclic) bond motifs is 4. The SMILES string of the molecule is CC1(C)CC/C=C/c2cccc3c2CN(C3)C(=O)O[C@@H]2C[C@H]3C(=O)C[C@]4(C(=O)CS(=O)(=O)C5CC5)C[C@@H]4/C=C\CCCCC[C@H](CC(=O)OC1)C(=O)N3C2. The lowest BCUT2D eigenvalue weighted by Crippen LogP contribution is -2.45. The standard InChI is InChI=1S/C42H54N2O9S/c1-41(2)18-9-8-11-28-13-10-14-30-23-43(25-34(28)30)40(49)53-32-20-35-36(45)22-42(37(46)26-54(50,51)33-16-17-33)21-31(42)15-7-5-3-4-6-12-29(19-38(47)52-27-41)39(48)44(35)24-32/h7-8,10-11,13-15,29,31-33,35H,3-6,9,12,16-27H2,1-2H3/b11-8+,15-7-/t29-,31+,32-,35+,42-/m1/s1. The molecule has 292 valence electrons. The van der Waals surface area contributed by atoms with Gasteiger partial charge in [-0.15, -0.1) is 0 Å². The number of carbonyl (C=O) groups excluding carboxylic acids is 5. The van der Waals surface area contributed by atoms with Crippen LogP contribution in [-0.2, 0) is 51.6 Å². The highest BCUT2D eigenvalue weighted by Gasteiger charge is 2.61. The van der Waals surface area contributed by atoms with E-state index in [2.05, 4.69) is 26.0 Å². The molecule has 12 heteroatoms. The second-order valence-corrected chi connectivity index (χ2v) is 19.6. The molecule has 0 radical (unpaired) electrons. The zero-order valence-electron chi connectivity index (χ0n) is 31.6. The van der Waals surface area contributed by atoms with Gasteiger partial charge in [0.2, 0.25) is 5.91 Å². The highest BCUT2D eigenvalue weighted by atomic mass is 32.2. The van der Waals surface area contributed by atoms with Gasteiger partial charge in [-0.1, -0.05) is 69.2 Å². The van der Waals surface area contributed by atoms with Crippen molar-refractivity contribution in [1.29, 1.82) is 0 Å². The fourth-order valence-corrected chi connectivity index (χ4v) is 10.6. The molecule has 1 aromatic rings. The summed E-state index contributed by atoms with van der Waals surface area (Å²) < 4.78 is 37.8. The van der Waals surface area contributed by atoms with E-state index in [4.69, 9.17) is 9.47 Å². The van der Waals surface area contributed by atoms with Gasteiger partial charge in [-0.25, -0.2) is 13.2 Å². The summed E-state index contributed by atoms with van der Waals surface area (Å²) in [6.07, 6.45) is 13.2. The Kier molecular flexibility index (Phi) is 11.0. The molecule has 2 aliphatic carbocycles. The van der Waals surface area contributed by atoms with Gasteiger partial charge < -0.3 is 14.4 Å². The van der Waals surface area contributed by atoms with Crippen molar-refractivity contribution in [3.63, 3.8) is 0 Å². The van der Waals surface area contributed by atoms with E-state index in [1.165, 1.54) is 4.90 Å². The first-order chi connectivity index (χ1) is 25.7. The van der Waals surface area contributed by atoms with Crippen LogP contribution < -0.4 is 0 Å². The van der Waals surface area contributed by atoms with Gasteiger partial charge in [-0.3, -0.25) is 24.1 Å². The number of amides is 2. The molecule has 5 atom stereocenters. The summed E-state index contributed by atoms with van der Waals surface area (Å²) in [5.74, 6) is -3.20. The van der Waals surface area contributed by atoms with Crippen molar-refractivity contribution >= 4 is 45.4 Å². The Bertz CT molecular complexity index is 1850. The number of hydrogen-bond acceptors (Lipinski definition) is 9. The van der Waals surface area contributed by atoms with E-state index >= 15 is 0 Å². The van der Waals surface area contributed by atoms with Crippen LogP contribution in [0.5, 0.6) is 0 Å². The number of ketones is 2. The van der Waals surface area contributed by atoms with Gasteiger partial charge >= 0.3 is 12.1 Å². The Hall–Kier alpha value is -3.80. The summed E-state index contributed by atoms with van der Waals surface area (Å²) >= 11 is 0. The number of carbonyl (C=O) groups is 5. The molecular weight excluding hydrogens is 709 g/mol. The molecule has 7 rings (SSSR count). The number of nitrogens with zero attached hydrogens (tertiary/aromatic N) is 2. The minimum atomic E-state index is -3.60. The Morgan fingerprint density at radius 2 is 1.80 bits per heavy atom. The Morgan fingerprint density at radius 1 is 0.981 bits per heavy atom. The molecule has 2 amide bonds. The van der Waals surface area contributed by atoms with E-state index in [-0.39, 0.29) is 55.4 Å². The molecule has 0 N–H and O–H groups in total. The molecule has 0 spiro atoms. The van der Waals surface area contributed by atoms with Crippen LogP contribution in [0.2, 0.25) is 0 Å². The Balaban J connectivity index is 1.18. The molecule has 11 nitrogen and oxygen atoms in total. The predicted octanol–water partition coefficient (Wildman–Crippen LogP) is 6.12. The zero-order chi connectivity index (χ0) is 38.3. The number of hydrogen-bond donors (Lipinski definition) is 0. The van der Waals surface area contributed by atoms with E-state index in [0.717, 1.165) is 48.8 Å². The number of rotatable bonds is 4. The quantitative estimate of drug-likeness (QED) is 0.262. The summed E-state index contributed by atoms with van der Waals surface area (Å²) in [6, 6.07) is 5.01. The van der Waals surface area contributed by atoms with Crippen molar-refractivity contribution in [2.75, 3.05) is 18.9 Å². The molecule has 1 aromatic carbocycles. The molecule has 2 saturated carbocycles. The third-order valence-corrected chi connectivity index (χ3v) is 14.6. The second-order valence-electron chi connectivity index (χ2n) is 17.4. The van der Waals surface area contributed by atoms with Crippen molar-refractivity contribution in [2.24, 2.45) is 22.7 Å². The summed E-state index contributed by atoms with van der Waals surface area (Å²) in [5, 5.41) is -0.490. The number of allylic oxidation sites excluding steroid dienone is 3. The monoisotopic (exact) mass is 762 g/mol. The van der Waals surface area contributed by atoms with Gasteiger partial charge in [0.25, 0.3) is 0 Å². The first-order valence-corrected chi connectivity index (χ1v) is 21.6. The third kappa shape index (κ3) is 8.53. The molecule has 0 aromatic heterocycles. The number of ether oxygens (including phenoxy) is 2. The van der Waals surface area contributed by atoms with Crippen molar-refractivity contribution in [1.82, 2.24) is 9.80 Å². The van der Waals surface area contributed by atoms with Gasteiger partial charge in [0.1, 0.15) is 11.9 Å². The molecule has 3 fully saturated rings. The van der Waals surface area contributed by atoms with E-state index in [1.54, 1.807) is 4.90 Å². The van der Waals surface area contributed by atoms with Crippen molar-refractivity contribution < 1.29 is 41.9 Å². The third-order valence-electron chi connectivity index (χ3n) is 12.5. The summed E-state index contributed by atoms with van der Waals surface area (Å²) in [6.45, 7) is 5.05. The molecule has 6 aliphatic rings. The largest absolute Gasteiger partial charge is 0.465 e. The van der Waals surface area contributed by atoms with Crippen LogP contribution in [0, 0.1) is 22.7 Å². The molecule has 54 heavy (non-hydrogen) atoms. The van der Waals surface area contributed by atoms with Crippen molar-refractivity contribution in [3.05, 3.63) is 53.1 Å². The molecule has 1 saturated heterocycles. The van der Waals surface area contributed by atoms with Gasteiger partial charge in [-0.05, 0) is 79.4 Å². The topological polar surface area (TPSA) is 144 Å². The minimum absolute atomic E-state index is 0.0192. The van der Waals surface area contributed by atoms with Crippen LogP contribution in [0.3, 0.4) is 0 Å². The van der Waals surface area contributed by atoms with E-state index < -0.39 is 62.2 Å². The fourth-order valence-electron chi connectivity index (χ4n) is 8.82. The molecule has 5 bridgehead atoms. The number of Topliss-reactive ketones (excluding diaryl/α,β-unsaturated/α-hetero) is 2. The average Bonchev–Trinajstić information content (AvgIpc) is 4.01. The summed E-state index contributed by atoms with van der Waals surface area (Å²) in [4.78, 5) is 73.1. The first-order valence-electron chi connectivity index (χ1n) is 19.9. The summed E-state index contributed by atoms with van der Waals surface area (Å²) in [5.41, 5.74) is 1.66. The summed E-state index contributed by atoms with van der Waals surface area (Å²) in [7, 11) is -3.60. The fraction of sp³-hybridized carbons (Fsp3) is 0.643. The number of sulfone groups is 1. The van der Waals surface area contributed by atoms with Crippen LogP contribution in [0.4, 0.5) is 4.79 Å². The predicted molar refractivity (Wildman–Crippen MR) is 201 cm³/mol. The lowest BCUT2D eigenvalue weighted by atomic mass is 9.88. The maximum atomic E-state index is 14.6. The van der Waals surface area contributed by atoms with Crippen LogP contribution in [-0.4, -0.2) is 84.1 Å². The average molecular weight is 763 g/mol. The van der Waals surface area contributed by atoms with Gasteiger partial charge in [0, 0.05) is 30.7 Å². The van der Waals surface area contributed by atoms with Crippen LogP contribution in [0.15, 0.2) is 36.4 Å². The Morgan fingerprint density at radius 3 is 2.59 bits per heavy atom. The number of benzene rings is 1. The van der Waals surface area contributed by atoms with E-state index in [0.29, 0.717) is 45.2 Å². The Labute approximate surface area is 318 Å². The highest BCUT2D eigenvalue weighted by Crippen LogP contribution is 2.58. The van der Waals surface area contributed by atoms with Gasteiger partial charge in [0.15, 0.2) is 21.4 Å². The lowest BCUT2D eigenvalue weighted by Gasteiger charge is -2.29. The van der Waals surface area contributed by atoms with Gasteiger partial charge in [0.05, 0.1) is 37.4 Å². The smallest absolute Gasteiger partial charge is 0.410 e.